The molecule has 90 valence electrons. The lowest BCUT2D eigenvalue weighted by atomic mass is 9.76. The largest absolute Gasteiger partial charge is 0.299 e. The molecule has 1 unspecified atom stereocenters. The van der Waals surface area contributed by atoms with Crippen molar-refractivity contribution in [1.82, 2.24) is 4.90 Å². The van der Waals surface area contributed by atoms with Crippen molar-refractivity contribution in [1.29, 1.82) is 5.26 Å². The van der Waals surface area contributed by atoms with Crippen molar-refractivity contribution in [2.45, 2.75) is 64.3 Å². The number of hydrogen-bond donors (Lipinski definition) is 0. The van der Waals surface area contributed by atoms with Gasteiger partial charge in [0.05, 0.1) is 12.5 Å². The summed E-state index contributed by atoms with van der Waals surface area (Å²) in [5.74, 6) is 0. The minimum atomic E-state index is 0.517. The van der Waals surface area contributed by atoms with Gasteiger partial charge >= 0.3 is 0 Å². The quantitative estimate of drug-likeness (QED) is 0.729. The molecule has 0 aromatic heterocycles. The van der Waals surface area contributed by atoms with Crippen LogP contribution in [0, 0.1) is 16.7 Å². The van der Waals surface area contributed by atoms with Crippen LogP contribution in [0.1, 0.15) is 58.3 Å². The minimum Gasteiger partial charge on any atom is -0.299 e. The van der Waals surface area contributed by atoms with Gasteiger partial charge < -0.3 is 0 Å². The maximum absolute atomic E-state index is 8.83. The predicted molar refractivity (Wildman–Crippen MR) is 66.0 cm³/mol. The highest BCUT2D eigenvalue weighted by molar-refractivity contribution is 4.92. The van der Waals surface area contributed by atoms with Crippen LogP contribution in [0.3, 0.4) is 0 Å². The van der Waals surface area contributed by atoms with E-state index in [9.17, 15) is 0 Å². The van der Waals surface area contributed by atoms with E-state index < -0.39 is 0 Å². The van der Waals surface area contributed by atoms with Crippen molar-refractivity contribution >= 4 is 0 Å². The van der Waals surface area contributed by atoms with Gasteiger partial charge in [0.25, 0.3) is 0 Å². The van der Waals surface area contributed by atoms with Crippen LogP contribution in [0.4, 0.5) is 0 Å². The van der Waals surface area contributed by atoms with Crippen molar-refractivity contribution in [3.8, 4) is 6.07 Å². The van der Waals surface area contributed by atoms with E-state index in [-0.39, 0.29) is 0 Å². The van der Waals surface area contributed by atoms with Gasteiger partial charge in [0, 0.05) is 6.04 Å². The van der Waals surface area contributed by atoms with Crippen LogP contribution < -0.4 is 0 Å². The molecule has 2 rings (SSSR count). The fourth-order valence-electron chi connectivity index (χ4n) is 3.63. The van der Waals surface area contributed by atoms with Crippen molar-refractivity contribution in [2.24, 2.45) is 5.41 Å². The molecule has 2 fully saturated rings. The van der Waals surface area contributed by atoms with Crippen molar-refractivity contribution in [3.63, 3.8) is 0 Å². The van der Waals surface area contributed by atoms with Crippen LogP contribution in [-0.2, 0) is 0 Å². The molecule has 2 heteroatoms. The number of piperidine rings is 1. The zero-order valence-electron chi connectivity index (χ0n) is 10.5. The third kappa shape index (κ3) is 2.40. The minimum absolute atomic E-state index is 0.517. The van der Waals surface area contributed by atoms with E-state index in [0.29, 0.717) is 17.9 Å². The monoisotopic (exact) mass is 220 g/mol. The topological polar surface area (TPSA) is 27.0 Å². The Morgan fingerprint density at radius 3 is 2.31 bits per heavy atom. The molecule has 0 N–H and O–H groups in total. The summed E-state index contributed by atoms with van der Waals surface area (Å²) < 4.78 is 0. The zero-order chi connectivity index (χ0) is 11.4. The molecule has 0 bridgehead atoms. The number of nitriles is 1. The average Bonchev–Trinajstić information content (AvgIpc) is 2.76. The first-order chi connectivity index (χ1) is 7.79. The second-order valence-corrected chi connectivity index (χ2v) is 5.67. The Balaban J connectivity index is 1.86. The Morgan fingerprint density at radius 1 is 1.19 bits per heavy atom. The molecule has 0 aromatic rings. The summed E-state index contributed by atoms with van der Waals surface area (Å²) >= 11 is 0. The van der Waals surface area contributed by atoms with Gasteiger partial charge in [0.15, 0.2) is 0 Å². The van der Waals surface area contributed by atoms with Gasteiger partial charge in [0.1, 0.15) is 0 Å². The molecule has 0 aromatic carbocycles. The van der Waals surface area contributed by atoms with Crippen LogP contribution in [0.5, 0.6) is 0 Å². The third-order valence-corrected chi connectivity index (χ3v) is 4.84. The molecule has 1 atom stereocenters. The highest BCUT2D eigenvalue weighted by Crippen LogP contribution is 2.46. The molecular weight excluding hydrogens is 196 g/mol. The fourth-order valence-corrected chi connectivity index (χ4v) is 3.63. The molecule has 1 saturated heterocycles. The molecule has 2 nitrogen and oxygen atoms in total. The first kappa shape index (κ1) is 11.9. The van der Waals surface area contributed by atoms with Gasteiger partial charge in [-0.05, 0) is 50.6 Å². The third-order valence-electron chi connectivity index (χ3n) is 4.84. The summed E-state index contributed by atoms with van der Waals surface area (Å²) in [7, 11) is 0. The molecule has 1 aliphatic heterocycles. The summed E-state index contributed by atoms with van der Waals surface area (Å²) in [4.78, 5) is 2.56. The summed E-state index contributed by atoms with van der Waals surface area (Å²) in [5.41, 5.74) is 0.710. The normalized spacial score (nSPS) is 26.8. The first-order valence-corrected chi connectivity index (χ1v) is 6.91. The highest BCUT2D eigenvalue weighted by Gasteiger charge is 2.37. The Bertz CT molecular complexity index is 250. The van der Waals surface area contributed by atoms with Gasteiger partial charge in [-0.3, -0.25) is 4.90 Å². The van der Waals surface area contributed by atoms with E-state index in [1.807, 2.05) is 0 Å². The molecule has 1 saturated carbocycles. The lowest BCUT2D eigenvalue weighted by Gasteiger charge is -2.42. The Kier molecular flexibility index (Phi) is 3.86. The smallest absolute Gasteiger partial charge is 0.0638 e. The van der Waals surface area contributed by atoms with E-state index in [1.54, 1.807) is 0 Å². The van der Waals surface area contributed by atoms with E-state index in [0.717, 1.165) is 6.42 Å². The Hall–Kier alpha value is -0.550. The van der Waals surface area contributed by atoms with Gasteiger partial charge in [-0.2, -0.15) is 5.26 Å². The predicted octanol–water partition coefficient (Wildman–Crippen LogP) is 3.33. The van der Waals surface area contributed by atoms with Crippen LogP contribution in [0.25, 0.3) is 0 Å². The highest BCUT2D eigenvalue weighted by atomic mass is 15.2. The van der Waals surface area contributed by atoms with E-state index in [4.69, 9.17) is 5.26 Å². The summed E-state index contributed by atoms with van der Waals surface area (Å²) in [6.45, 7) is 4.68. The van der Waals surface area contributed by atoms with E-state index in [1.165, 1.54) is 51.6 Å². The van der Waals surface area contributed by atoms with Crippen molar-refractivity contribution in [3.05, 3.63) is 0 Å². The molecule has 0 radical (unpaired) electrons. The summed E-state index contributed by atoms with van der Waals surface area (Å²) in [6, 6.07) is 2.85. The molecule has 1 spiro atoms. The average molecular weight is 220 g/mol. The Morgan fingerprint density at radius 2 is 1.81 bits per heavy atom. The van der Waals surface area contributed by atoms with Gasteiger partial charge in [-0.15, -0.1) is 0 Å². The van der Waals surface area contributed by atoms with Gasteiger partial charge in [-0.25, -0.2) is 0 Å². The molecular formula is C14H24N2. The maximum Gasteiger partial charge on any atom is 0.0638 e. The number of rotatable bonds is 3. The van der Waals surface area contributed by atoms with E-state index in [2.05, 4.69) is 17.9 Å². The number of nitrogens with zero attached hydrogens (tertiary/aromatic N) is 2. The molecule has 2 aliphatic rings. The summed E-state index contributed by atoms with van der Waals surface area (Å²) in [6.07, 6.45) is 10.4. The molecule has 1 heterocycles. The van der Waals surface area contributed by atoms with Gasteiger partial charge in [0.2, 0.25) is 0 Å². The van der Waals surface area contributed by atoms with Crippen molar-refractivity contribution < 1.29 is 0 Å². The zero-order valence-corrected chi connectivity index (χ0v) is 10.5. The maximum atomic E-state index is 8.83. The lowest BCUT2D eigenvalue weighted by molar-refractivity contribution is 0.0756. The van der Waals surface area contributed by atoms with Crippen molar-refractivity contribution in [2.75, 3.05) is 13.1 Å². The SMILES string of the molecule is CCC(CC#N)N1CCC2(CCCC2)CC1. The first-order valence-electron chi connectivity index (χ1n) is 6.91. The standard InChI is InChI=1S/C14H24N2/c1-2-13(5-10-15)16-11-8-14(9-12-16)6-3-4-7-14/h13H,2-9,11-12H2,1H3. The molecule has 0 amide bonds. The lowest BCUT2D eigenvalue weighted by Crippen LogP contribution is -2.44. The second-order valence-electron chi connectivity index (χ2n) is 5.67. The van der Waals surface area contributed by atoms with Crippen LogP contribution in [-0.4, -0.2) is 24.0 Å². The molecule has 16 heavy (non-hydrogen) atoms. The number of hydrogen-bond acceptors (Lipinski definition) is 2. The molecule has 1 aliphatic carbocycles. The van der Waals surface area contributed by atoms with Crippen LogP contribution >= 0.6 is 0 Å². The second kappa shape index (κ2) is 5.19. The Labute approximate surface area is 99.6 Å². The van der Waals surface area contributed by atoms with Crippen LogP contribution in [0.2, 0.25) is 0 Å². The fraction of sp³-hybridized carbons (Fsp3) is 0.929. The summed E-state index contributed by atoms with van der Waals surface area (Å²) in [5, 5.41) is 8.83. The van der Waals surface area contributed by atoms with E-state index >= 15 is 0 Å². The number of likely N-dealkylation sites (tertiary alicyclic amines) is 1. The van der Waals surface area contributed by atoms with Crippen LogP contribution in [0.15, 0.2) is 0 Å². The van der Waals surface area contributed by atoms with Gasteiger partial charge in [-0.1, -0.05) is 19.8 Å².